The first-order valence-corrected chi connectivity index (χ1v) is 10.3. The van der Waals surface area contributed by atoms with Gasteiger partial charge in [-0.1, -0.05) is 0 Å². The van der Waals surface area contributed by atoms with Crippen LogP contribution in [0.2, 0.25) is 0 Å². The predicted molar refractivity (Wildman–Crippen MR) is 109 cm³/mol. The number of anilines is 2. The van der Waals surface area contributed by atoms with Gasteiger partial charge in [0.15, 0.2) is 0 Å². The lowest BCUT2D eigenvalue weighted by Gasteiger charge is -2.31. The summed E-state index contributed by atoms with van der Waals surface area (Å²) >= 11 is 0. The number of alkyl halides is 3. The number of nitrogens with one attached hydrogen (secondary N) is 2. The number of carbonyl (C=O) groups is 1. The van der Waals surface area contributed by atoms with Gasteiger partial charge in [-0.25, -0.2) is 0 Å². The van der Waals surface area contributed by atoms with Crippen LogP contribution in [0.25, 0.3) is 0 Å². The van der Waals surface area contributed by atoms with Crippen LogP contribution in [-0.2, 0) is 0 Å². The third-order valence-corrected chi connectivity index (χ3v) is 6.14. The lowest BCUT2D eigenvalue weighted by Crippen LogP contribution is -2.40. The Morgan fingerprint density at radius 1 is 1.29 bits per heavy atom. The van der Waals surface area contributed by atoms with Crippen molar-refractivity contribution < 1.29 is 28.0 Å². The van der Waals surface area contributed by atoms with Crippen molar-refractivity contribution in [2.24, 2.45) is 5.92 Å². The van der Waals surface area contributed by atoms with Crippen molar-refractivity contribution in [3.8, 4) is 0 Å². The van der Waals surface area contributed by atoms with Gasteiger partial charge in [-0.3, -0.25) is 14.9 Å². The molecule has 0 aromatic heterocycles. The van der Waals surface area contributed by atoms with Gasteiger partial charge in [-0.05, 0) is 45.1 Å². The highest BCUT2D eigenvalue weighted by atomic mass is 19.4. The van der Waals surface area contributed by atoms with Crippen LogP contribution in [0, 0.1) is 16.0 Å². The topological polar surface area (TPSA) is 108 Å². The fraction of sp³-hybridized carbons (Fsp3) is 0.650. The van der Waals surface area contributed by atoms with Crippen LogP contribution < -0.4 is 15.5 Å². The fourth-order valence-electron chi connectivity index (χ4n) is 4.35. The molecular formula is C20H27F3N4O4. The van der Waals surface area contributed by atoms with E-state index in [0.717, 1.165) is 0 Å². The van der Waals surface area contributed by atoms with E-state index in [0.29, 0.717) is 18.7 Å². The van der Waals surface area contributed by atoms with Gasteiger partial charge in [-0.2, -0.15) is 13.2 Å². The molecule has 1 aromatic rings. The second kappa shape index (κ2) is 8.52. The molecule has 31 heavy (non-hydrogen) atoms. The summed E-state index contributed by atoms with van der Waals surface area (Å²) in [5.74, 6) is -1.93. The van der Waals surface area contributed by atoms with Crippen molar-refractivity contribution in [3.63, 3.8) is 0 Å². The highest BCUT2D eigenvalue weighted by molar-refractivity contribution is 6.02. The summed E-state index contributed by atoms with van der Waals surface area (Å²) in [6.07, 6.45) is -3.50. The first-order chi connectivity index (χ1) is 14.4. The highest BCUT2D eigenvalue weighted by Gasteiger charge is 2.42. The zero-order valence-corrected chi connectivity index (χ0v) is 17.5. The van der Waals surface area contributed by atoms with Crippen LogP contribution >= 0.6 is 0 Å². The minimum Gasteiger partial charge on any atom is -0.388 e. The average molecular weight is 444 g/mol. The van der Waals surface area contributed by atoms with E-state index in [9.17, 15) is 33.2 Å². The molecular weight excluding hydrogens is 417 g/mol. The molecule has 1 saturated heterocycles. The maximum atomic E-state index is 13.0. The van der Waals surface area contributed by atoms with Crippen LogP contribution in [0.1, 0.15) is 49.4 Å². The Morgan fingerprint density at radius 2 is 1.94 bits per heavy atom. The van der Waals surface area contributed by atoms with Gasteiger partial charge < -0.3 is 20.6 Å². The predicted octanol–water partition coefficient (Wildman–Crippen LogP) is 3.45. The third-order valence-electron chi connectivity index (χ3n) is 6.14. The summed E-state index contributed by atoms with van der Waals surface area (Å²) < 4.78 is 38.7. The molecule has 1 aromatic carbocycles. The number of nitro groups is 1. The summed E-state index contributed by atoms with van der Waals surface area (Å²) in [6.45, 7) is 2.39. The van der Waals surface area contributed by atoms with Crippen LogP contribution in [0.3, 0.4) is 0 Å². The Kier molecular flexibility index (Phi) is 6.35. The molecule has 1 unspecified atom stereocenters. The lowest BCUT2D eigenvalue weighted by atomic mass is 9.85. The number of hydrogen-bond acceptors (Lipinski definition) is 6. The molecule has 2 fully saturated rings. The molecule has 1 aliphatic heterocycles. The molecule has 172 valence electrons. The quantitative estimate of drug-likeness (QED) is 0.474. The number of amides is 1. The Balaban J connectivity index is 1.85. The summed E-state index contributed by atoms with van der Waals surface area (Å²) in [6, 6.07) is 2.27. The largest absolute Gasteiger partial charge is 0.391 e. The molecule has 1 atom stereocenters. The maximum absolute atomic E-state index is 13.0. The first-order valence-electron chi connectivity index (χ1n) is 10.3. The minimum absolute atomic E-state index is 0.0604. The number of benzene rings is 1. The van der Waals surface area contributed by atoms with Crippen molar-refractivity contribution in [1.29, 1.82) is 0 Å². The molecule has 3 rings (SSSR count). The first kappa shape index (κ1) is 23.1. The second-order valence-electron chi connectivity index (χ2n) is 8.63. The molecule has 1 aliphatic carbocycles. The fourth-order valence-corrected chi connectivity index (χ4v) is 4.35. The number of nitrogens with zero attached hydrogens (tertiary/aromatic N) is 2. The van der Waals surface area contributed by atoms with E-state index >= 15 is 0 Å². The smallest absolute Gasteiger partial charge is 0.388 e. The van der Waals surface area contributed by atoms with E-state index in [1.54, 1.807) is 11.8 Å². The standard InChI is InChI=1S/C20H27F3N4O4/c1-19(29)7-8-26(11-19)16-10-15(24-2)17(27(30)31)9-14(16)18(28)25-13-5-3-12(4-6-13)20(21,22)23/h9-10,12-13,24,29H,3-8,11H2,1-2H3,(H,25,28). The van der Waals surface area contributed by atoms with Crippen LogP contribution in [0.5, 0.6) is 0 Å². The van der Waals surface area contributed by atoms with Gasteiger partial charge in [-0.15, -0.1) is 0 Å². The molecule has 0 spiro atoms. The van der Waals surface area contributed by atoms with Crippen molar-refractivity contribution in [2.45, 2.75) is 56.8 Å². The highest BCUT2D eigenvalue weighted by Crippen LogP contribution is 2.39. The molecule has 0 bridgehead atoms. The van der Waals surface area contributed by atoms with Crippen molar-refractivity contribution >= 4 is 23.0 Å². The number of β-amino-alcohol motifs (C(OH)–C–C–N with tert-alkyl or cyclic N) is 1. The number of rotatable bonds is 5. The van der Waals surface area contributed by atoms with Crippen molar-refractivity contribution in [3.05, 3.63) is 27.8 Å². The number of hydrogen-bond donors (Lipinski definition) is 3. The summed E-state index contributed by atoms with van der Waals surface area (Å²) in [5.41, 5.74) is -0.488. The van der Waals surface area contributed by atoms with Crippen LogP contribution in [0.15, 0.2) is 12.1 Å². The second-order valence-corrected chi connectivity index (χ2v) is 8.63. The van der Waals surface area contributed by atoms with E-state index in [2.05, 4.69) is 10.6 Å². The van der Waals surface area contributed by atoms with Crippen molar-refractivity contribution in [1.82, 2.24) is 5.32 Å². The van der Waals surface area contributed by atoms with Crippen LogP contribution in [0.4, 0.5) is 30.2 Å². The molecule has 1 heterocycles. The molecule has 11 heteroatoms. The summed E-state index contributed by atoms with van der Waals surface area (Å²) in [7, 11) is 1.53. The van der Waals surface area contributed by atoms with E-state index in [-0.39, 0.29) is 49.2 Å². The maximum Gasteiger partial charge on any atom is 0.391 e. The van der Waals surface area contributed by atoms with Gasteiger partial charge in [0.05, 0.1) is 27.7 Å². The molecule has 1 amide bonds. The number of carbonyl (C=O) groups excluding carboxylic acids is 1. The van der Waals surface area contributed by atoms with E-state index in [1.165, 1.54) is 19.2 Å². The van der Waals surface area contributed by atoms with Crippen molar-refractivity contribution in [2.75, 3.05) is 30.4 Å². The summed E-state index contributed by atoms with van der Waals surface area (Å²) in [5, 5.41) is 27.3. The Labute approximate surface area is 177 Å². The molecule has 2 aliphatic rings. The number of halogens is 3. The van der Waals surface area contributed by atoms with Gasteiger partial charge >= 0.3 is 6.18 Å². The number of nitro benzene ring substituents is 1. The summed E-state index contributed by atoms with van der Waals surface area (Å²) in [4.78, 5) is 25.7. The molecule has 1 saturated carbocycles. The monoisotopic (exact) mass is 444 g/mol. The Morgan fingerprint density at radius 3 is 2.42 bits per heavy atom. The van der Waals surface area contributed by atoms with Gasteiger partial charge in [0.2, 0.25) is 0 Å². The minimum atomic E-state index is -4.24. The molecule has 3 N–H and O–H groups in total. The van der Waals surface area contributed by atoms with Gasteiger partial charge in [0.25, 0.3) is 11.6 Å². The Hall–Kier alpha value is -2.56. The van der Waals surface area contributed by atoms with Crippen LogP contribution in [-0.4, -0.2) is 53.9 Å². The van der Waals surface area contributed by atoms with E-state index in [4.69, 9.17) is 0 Å². The Bertz CT molecular complexity index is 852. The SMILES string of the molecule is CNc1cc(N2CCC(C)(O)C2)c(C(=O)NC2CCC(C(F)(F)F)CC2)cc1[N+](=O)[O-]. The zero-order valence-electron chi connectivity index (χ0n) is 17.5. The number of aliphatic hydroxyl groups is 1. The van der Waals surface area contributed by atoms with E-state index < -0.39 is 34.6 Å². The zero-order chi connectivity index (χ0) is 23.0. The molecule has 8 nitrogen and oxygen atoms in total. The van der Waals surface area contributed by atoms with Gasteiger partial charge in [0.1, 0.15) is 5.69 Å². The lowest BCUT2D eigenvalue weighted by molar-refractivity contribution is -0.383. The third kappa shape index (κ3) is 5.20. The van der Waals surface area contributed by atoms with E-state index in [1.807, 2.05) is 0 Å². The average Bonchev–Trinajstić information content (AvgIpc) is 3.06. The molecule has 0 radical (unpaired) electrons. The normalized spacial score (nSPS) is 26.6. The van der Waals surface area contributed by atoms with Gasteiger partial charge in [0, 0.05) is 32.2 Å².